The predicted molar refractivity (Wildman–Crippen MR) is 62.8 cm³/mol. The molecule has 15 heavy (non-hydrogen) atoms. The fourth-order valence-electron chi connectivity index (χ4n) is 1.47. The first-order valence-corrected chi connectivity index (χ1v) is 6.18. The van der Waals surface area contributed by atoms with Crippen LogP contribution < -0.4 is 5.32 Å². The molecule has 1 aromatic heterocycles. The van der Waals surface area contributed by atoms with Gasteiger partial charge in [-0.25, -0.2) is 4.98 Å². The lowest BCUT2D eigenvalue weighted by atomic mass is 10.0. The summed E-state index contributed by atoms with van der Waals surface area (Å²) in [7, 11) is 0. The second kappa shape index (κ2) is 5.85. The quantitative estimate of drug-likeness (QED) is 0.838. The highest BCUT2D eigenvalue weighted by Crippen LogP contribution is 2.12. The van der Waals surface area contributed by atoms with Crippen LogP contribution in [0.1, 0.15) is 36.6 Å². The van der Waals surface area contributed by atoms with Crippen molar-refractivity contribution in [1.82, 2.24) is 10.3 Å². The Morgan fingerprint density at radius 1 is 1.53 bits per heavy atom. The van der Waals surface area contributed by atoms with Crippen molar-refractivity contribution >= 4 is 17.2 Å². The largest absolute Gasteiger partial charge is 0.351 e. The maximum Gasteiger partial charge on any atom is 0.223 e. The molecule has 0 fully saturated rings. The summed E-state index contributed by atoms with van der Waals surface area (Å²) in [5.41, 5.74) is 0. The lowest BCUT2D eigenvalue weighted by Crippen LogP contribution is -2.29. The average Bonchev–Trinajstić information content (AvgIpc) is 2.63. The molecule has 1 N–H and O–H groups in total. The first-order chi connectivity index (χ1) is 7.17. The van der Waals surface area contributed by atoms with Gasteiger partial charge in [-0.2, -0.15) is 0 Å². The van der Waals surface area contributed by atoms with Crippen LogP contribution in [0.4, 0.5) is 0 Å². The number of hydrogen-bond donors (Lipinski definition) is 1. The normalized spacial score (nSPS) is 10.7. The summed E-state index contributed by atoms with van der Waals surface area (Å²) in [5, 5.41) is 3.99. The second-order valence-electron chi connectivity index (χ2n) is 3.58. The zero-order chi connectivity index (χ0) is 11.3. The van der Waals surface area contributed by atoms with Crippen molar-refractivity contribution in [2.24, 2.45) is 5.92 Å². The van der Waals surface area contributed by atoms with Gasteiger partial charge in [0.15, 0.2) is 0 Å². The van der Waals surface area contributed by atoms with Crippen molar-refractivity contribution < 1.29 is 4.79 Å². The van der Waals surface area contributed by atoms with E-state index in [0.717, 1.165) is 22.7 Å². The summed E-state index contributed by atoms with van der Waals surface area (Å²) in [6, 6.07) is 0. The van der Waals surface area contributed by atoms with Crippen LogP contribution in [0, 0.1) is 12.8 Å². The molecule has 0 aliphatic carbocycles. The topological polar surface area (TPSA) is 42.0 Å². The molecule has 0 aliphatic rings. The third kappa shape index (κ3) is 3.63. The minimum Gasteiger partial charge on any atom is -0.351 e. The number of rotatable bonds is 5. The number of carbonyl (C=O) groups is 1. The van der Waals surface area contributed by atoms with E-state index in [0.29, 0.717) is 6.54 Å². The van der Waals surface area contributed by atoms with Gasteiger partial charge in [0.25, 0.3) is 0 Å². The van der Waals surface area contributed by atoms with Crippen LogP contribution in [0.15, 0.2) is 6.20 Å². The summed E-state index contributed by atoms with van der Waals surface area (Å²) >= 11 is 1.63. The Morgan fingerprint density at radius 2 is 2.20 bits per heavy atom. The van der Waals surface area contributed by atoms with Gasteiger partial charge < -0.3 is 5.32 Å². The standard InChI is InChI=1S/C11H18N2OS/c1-4-9(5-2)11(14)13-7-10-6-12-8(3)15-10/h6,9H,4-5,7H2,1-3H3,(H,13,14). The Labute approximate surface area is 94.9 Å². The monoisotopic (exact) mass is 226 g/mol. The molecule has 1 amide bonds. The van der Waals surface area contributed by atoms with Crippen LogP contribution in [0.5, 0.6) is 0 Å². The number of thiazole rings is 1. The van der Waals surface area contributed by atoms with Crippen molar-refractivity contribution in [3.8, 4) is 0 Å². The number of hydrogen-bond acceptors (Lipinski definition) is 3. The third-order valence-electron chi connectivity index (χ3n) is 2.46. The fourth-order valence-corrected chi connectivity index (χ4v) is 2.20. The van der Waals surface area contributed by atoms with Gasteiger partial charge in [0.2, 0.25) is 5.91 Å². The van der Waals surface area contributed by atoms with Crippen molar-refractivity contribution in [1.29, 1.82) is 0 Å². The van der Waals surface area contributed by atoms with Crippen LogP contribution in [-0.4, -0.2) is 10.9 Å². The molecule has 0 aromatic carbocycles. The van der Waals surface area contributed by atoms with Gasteiger partial charge in [-0.3, -0.25) is 4.79 Å². The summed E-state index contributed by atoms with van der Waals surface area (Å²) < 4.78 is 0. The Morgan fingerprint density at radius 3 is 2.67 bits per heavy atom. The Balaban J connectivity index is 2.40. The zero-order valence-corrected chi connectivity index (χ0v) is 10.4. The van der Waals surface area contributed by atoms with Gasteiger partial charge in [0, 0.05) is 17.0 Å². The second-order valence-corrected chi connectivity index (χ2v) is 4.90. The molecule has 0 saturated carbocycles. The molecule has 84 valence electrons. The SMILES string of the molecule is CCC(CC)C(=O)NCc1cnc(C)s1. The third-order valence-corrected chi connectivity index (χ3v) is 3.38. The first kappa shape index (κ1) is 12.2. The van der Waals surface area contributed by atoms with E-state index < -0.39 is 0 Å². The van der Waals surface area contributed by atoms with Gasteiger partial charge in [0.05, 0.1) is 11.6 Å². The van der Waals surface area contributed by atoms with Crippen molar-refractivity contribution in [2.45, 2.75) is 40.2 Å². The number of carbonyl (C=O) groups excluding carboxylic acids is 1. The van der Waals surface area contributed by atoms with E-state index in [2.05, 4.69) is 10.3 Å². The van der Waals surface area contributed by atoms with E-state index in [-0.39, 0.29) is 11.8 Å². The van der Waals surface area contributed by atoms with Crippen LogP contribution in [-0.2, 0) is 11.3 Å². The molecule has 0 spiro atoms. The smallest absolute Gasteiger partial charge is 0.223 e. The van der Waals surface area contributed by atoms with Gasteiger partial charge in [0.1, 0.15) is 0 Å². The molecule has 1 rings (SSSR count). The molecule has 0 aliphatic heterocycles. The summed E-state index contributed by atoms with van der Waals surface area (Å²) in [4.78, 5) is 16.9. The molecule has 3 nitrogen and oxygen atoms in total. The van der Waals surface area contributed by atoms with Crippen molar-refractivity contribution in [3.63, 3.8) is 0 Å². The molecule has 0 bridgehead atoms. The highest BCUT2D eigenvalue weighted by Gasteiger charge is 2.13. The number of aryl methyl sites for hydroxylation is 1. The summed E-state index contributed by atoms with van der Waals surface area (Å²) in [5.74, 6) is 0.310. The fraction of sp³-hybridized carbons (Fsp3) is 0.636. The molecule has 0 saturated heterocycles. The average molecular weight is 226 g/mol. The summed E-state index contributed by atoms with van der Waals surface area (Å²) in [6.45, 7) is 6.67. The van der Waals surface area contributed by atoms with Gasteiger partial charge >= 0.3 is 0 Å². The minimum atomic E-state index is 0.152. The Bertz CT molecular complexity index is 318. The first-order valence-electron chi connectivity index (χ1n) is 5.36. The van der Waals surface area contributed by atoms with E-state index in [1.54, 1.807) is 11.3 Å². The lowest BCUT2D eigenvalue weighted by molar-refractivity contribution is -0.125. The number of nitrogens with one attached hydrogen (secondary N) is 1. The van der Waals surface area contributed by atoms with E-state index in [9.17, 15) is 4.79 Å². The predicted octanol–water partition coefficient (Wildman–Crippen LogP) is 2.50. The minimum absolute atomic E-state index is 0.152. The van der Waals surface area contributed by atoms with E-state index in [1.165, 1.54) is 0 Å². The van der Waals surface area contributed by atoms with Gasteiger partial charge in [-0.15, -0.1) is 11.3 Å². The zero-order valence-electron chi connectivity index (χ0n) is 9.54. The van der Waals surface area contributed by atoms with Crippen LogP contribution in [0.2, 0.25) is 0 Å². The number of aromatic nitrogens is 1. The molecule has 4 heteroatoms. The van der Waals surface area contributed by atoms with Crippen molar-refractivity contribution in [3.05, 3.63) is 16.1 Å². The maximum atomic E-state index is 11.7. The van der Waals surface area contributed by atoms with Crippen LogP contribution >= 0.6 is 11.3 Å². The number of nitrogens with zero attached hydrogens (tertiary/aromatic N) is 1. The molecule has 0 unspecified atom stereocenters. The molecular formula is C11H18N2OS. The maximum absolute atomic E-state index is 11.7. The van der Waals surface area contributed by atoms with Crippen molar-refractivity contribution in [2.75, 3.05) is 0 Å². The van der Waals surface area contributed by atoms with Crippen LogP contribution in [0.3, 0.4) is 0 Å². The molecule has 1 aromatic rings. The van der Waals surface area contributed by atoms with E-state index in [4.69, 9.17) is 0 Å². The molecular weight excluding hydrogens is 208 g/mol. The highest BCUT2D eigenvalue weighted by molar-refractivity contribution is 7.11. The summed E-state index contributed by atoms with van der Waals surface area (Å²) in [6.07, 6.45) is 3.64. The molecule has 0 radical (unpaired) electrons. The Hall–Kier alpha value is -0.900. The van der Waals surface area contributed by atoms with Crippen LogP contribution in [0.25, 0.3) is 0 Å². The highest BCUT2D eigenvalue weighted by atomic mass is 32.1. The van der Waals surface area contributed by atoms with E-state index >= 15 is 0 Å². The lowest BCUT2D eigenvalue weighted by Gasteiger charge is -2.11. The van der Waals surface area contributed by atoms with Gasteiger partial charge in [-0.1, -0.05) is 13.8 Å². The number of amides is 1. The molecule has 0 atom stereocenters. The molecule has 1 heterocycles. The van der Waals surface area contributed by atoms with E-state index in [1.807, 2.05) is 27.0 Å². The van der Waals surface area contributed by atoms with Gasteiger partial charge in [-0.05, 0) is 19.8 Å². The Kier molecular flexibility index (Phi) is 4.75.